The molecule has 0 aliphatic heterocycles. The van der Waals surface area contributed by atoms with E-state index in [1.807, 2.05) is 5.32 Å². The van der Waals surface area contributed by atoms with Gasteiger partial charge in [-0.1, -0.05) is 29.3 Å². The molecule has 3 amide bonds. The number of hydrogen-bond acceptors (Lipinski definition) is 5. The van der Waals surface area contributed by atoms with E-state index in [2.05, 4.69) is 5.32 Å². The fourth-order valence-electron chi connectivity index (χ4n) is 1.52. The lowest BCUT2D eigenvalue weighted by Crippen LogP contribution is -2.42. The standard InChI is InChI=1S/C14H16Cl2N2O5/c1-22-6-5-17-14(21)18-12(19)8-23-13(20)7-9-10(15)3-2-4-11(9)16/h2-4H,5-8H2,1H3,(H2,17,18,19,21). The quantitative estimate of drug-likeness (QED) is 0.566. The predicted molar refractivity (Wildman–Crippen MR) is 84.5 cm³/mol. The van der Waals surface area contributed by atoms with Crippen molar-refractivity contribution in [1.29, 1.82) is 0 Å². The first-order valence-corrected chi connectivity index (χ1v) is 7.34. The summed E-state index contributed by atoms with van der Waals surface area (Å²) in [5, 5.41) is 5.05. The van der Waals surface area contributed by atoms with Crippen LogP contribution in [0, 0.1) is 0 Å². The molecule has 0 bridgehead atoms. The van der Waals surface area contributed by atoms with Crippen molar-refractivity contribution in [3.8, 4) is 0 Å². The predicted octanol–water partition coefficient (Wildman–Crippen LogP) is 1.55. The van der Waals surface area contributed by atoms with E-state index in [4.69, 9.17) is 32.7 Å². The fourth-order valence-corrected chi connectivity index (χ4v) is 2.05. The SMILES string of the molecule is COCCNC(=O)NC(=O)COC(=O)Cc1c(Cl)cccc1Cl. The summed E-state index contributed by atoms with van der Waals surface area (Å²) < 4.78 is 9.51. The summed E-state index contributed by atoms with van der Waals surface area (Å²) in [6.07, 6.45) is -0.175. The molecule has 2 N–H and O–H groups in total. The number of imide groups is 1. The molecule has 0 heterocycles. The zero-order valence-electron chi connectivity index (χ0n) is 12.4. The van der Waals surface area contributed by atoms with Gasteiger partial charge in [0.2, 0.25) is 0 Å². The zero-order valence-corrected chi connectivity index (χ0v) is 13.9. The molecule has 7 nitrogen and oxygen atoms in total. The van der Waals surface area contributed by atoms with Crippen LogP contribution in [0.15, 0.2) is 18.2 Å². The van der Waals surface area contributed by atoms with E-state index in [0.717, 1.165) is 0 Å². The molecule has 0 aliphatic carbocycles. The second kappa shape index (κ2) is 10.0. The van der Waals surface area contributed by atoms with E-state index in [9.17, 15) is 14.4 Å². The van der Waals surface area contributed by atoms with Crippen LogP contribution < -0.4 is 10.6 Å². The molecule has 23 heavy (non-hydrogen) atoms. The Morgan fingerprint density at radius 2 is 1.83 bits per heavy atom. The van der Waals surface area contributed by atoms with Crippen LogP contribution in [0.3, 0.4) is 0 Å². The average molecular weight is 363 g/mol. The largest absolute Gasteiger partial charge is 0.455 e. The highest BCUT2D eigenvalue weighted by molar-refractivity contribution is 6.36. The van der Waals surface area contributed by atoms with E-state index >= 15 is 0 Å². The van der Waals surface area contributed by atoms with Crippen molar-refractivity contribution in [3.63, 3.8) is 0 Å². The van der Waals surface area contributed by atoms with E-state index in [-0.39, 0.29) is 13.0 Å². The Hall–Kier alpha value is -1.83. The molecule has 9 heteroatoms. The van der Waals surface area contributed by atoms with Gasteiger partial charge in [-0.2, -0.15) is 0 Å². The number of rotatable bonds is 7. The number of benzene rings is 1. The van der Waals surface area contributed by atoms with E-state index < -0.39 is 24.5 Å². The minimum Gasteiger partial charge on any atom is -0.455 e. The Kier molecular flexibility index (Phi) is 8.39. The van der Waals surface area contributed by atoms with Crippen molar-refractivity contribution < 1.29 is 23.9 Å². The number of nitrogens with one attached hydrogen (secondary N) is 2. The topological polar surface area (TPSA) is 93.7 Å². The molecular weight excluding hydrogens is 347 g/mol. The molecule has 1 aromatic rings. The van der Waals surface area contributed by atoms with Crippen molar-refractivity contribution in [2.24, 2.45) is 0 Å². The molecule has 0 atom stereocenters. The number of esters is 1. The van der Waals surface area contributed by atoms with E-state index in [1.54, 1.807) is 18.2 Å². The van der Waals surface area contributed by atoms with Gasteiger partial charge in [-0.15, -0.1) is 0 Å². The number of halogens is 2. The molecule has 0 radical (unpaired) electrons. The van der Waals surface area contributed by atoms with Crippen LogP contribution in [0.4, 0.5) is 4.79 Å². The third-order valence-corrected chi connectivity index (χ3v) is 3.30. The minimum absolute atomic E-state index is 0.175. The lowest BCUT2D eigenvalue weighted by molar-refractivity contribution is -0.147. The number of carbonyl (C=O) groups is 3. The first-order valence-electron chi connectivity index (χ1n) is 6.59. The molecule has 0 unspecified atom stereocenters. The molecule has 1 rings (SSSR count). The van der Waals surface area contributed by atoms with Gasteiger partial charge in [0.1, 0.15) is 0 Å². The van der Waals surface area contributed by atoms with Gasteiger partial charge in [-0.25, -0.2) is 4.79 Å². The van der Waals surface area contributed by atoms with Crippen LogP contribution in [0.5, 0.6) is 0 Å². The Bertz CT molecular complexity index is 560. The van der Waals surface area contributed by atoms with Crippen LogP contribution >= 0.6 is 23.2 Å². The maximum atomic E-state index is 11.7. The van der Waals surface area contributed by atoms with Gasteiger partial charge in [0.15, 0.2) is 6.61 Å². The Labute approximate surface area is 143 Å². The van der Waals surface area contributed by atoms with Gasteiger partial charge in [-0.3, -0.25) is 14.9 Å². The summed E-state index contributed by atoms with van der Waals surface area (Å²) >= 11 is 11.9. The highest BCUT2D eigenvalue weighted by Crippen LogP contribution is 2.24. The maximum Gasteiger partial charge on any atom is 0.321 e. The van der Waals surface area contributed by atoms with Gasteiger partial charge < -0.3 is 14.8 Å². The second-order valence-electron chi connectivity index (χ2n) is 4.33. The molecule has 0 saturated carbocycles. The van der Waals surface area contributed by atoms with Crippen molar-refractivity contribution in [2.45, 2.75) is 6.42 Å². The first kappa shape index (κ1) is 19.2. The number of methoxy groups -OCH3 is 1. The van der Waals surface area contributed by atoms with Crippen molar-refractivity contribution in [1.82, 2.24) is 10.6 Å². The first-order chi connectivity index (χ1) is 10.9. The van der Waals surface area contributed by atoms with Gasteiger partial charge in [0.25, 0.3) is 5.91 Å². The Balaban J connectivity index is 2.35. The molecule has 0 aliphatic rings. The zero-order chi connectivity index (χ0) is 17.2. The van der Waals surface area contributed by atoms with Crippen LogP contribution in [0.25, 0.3) is 0 Å². The van der Waals surface area contributed by atoms with E-state index in [1.165, 1.54) is 7.11 Å². The summed E-state index contributed by atoms with van der Waals surface area (Å²) in [5.74, 6) is -1.44. The highest BCUT2D eigenvalue weighted by atomic mass is 35.5. The molecule has 0 fully saturated rings. The van der Waals surface area contributed by atoms with Crippen molar-refractivity contribution >= 4 is 41.1 Å². The van der Waals surface area contributed by atoms with Gasteiger partial charge in [0, 0.05) is 29.3 Å². The lowest BCUT2D eigenvalue weighted by atomic mass is 10.1. The van der Waals surface area contributed by atoms with Crippen molar-refractivity contribution in [3.05, 3.63) is 33.8 Å². The van der Waals surface area contributed by atoms with Crippen LogP contribution in [0.2, 0.25) is 10.0 Å². The third kappa shape index (κ3) is 7.32. The molecule has 126 valence electrons. The minimum atomic E-state index is -0.751. The maximum absolute atomic E-state index is 11.7. The third-order valence-electron chi connectivity index (χ3n) is 2.59. The molecule has 1 aromatic carbocycles. The smallest absolute Gasteiger partial charge is 0.321 e. The molecular formula is C14H16Cl2N2O5. The van der Waals surface area contributed by atoms with Gasteiger partial charge in [0.05, 0.1) is 13.0 Å². The fraction of sp³-hybridized carbons (Fsp3) is 0.357. The molecule has 0 saturated heterocycles. The van der Waals surface area contributed by atoms with E-state index in [0.29, 0.717) is 22.2 Å². The van der Waals surface area contributed by atoms with Crippen LogP contribution in [-0.4, -0.2) is 44.8 Å². The summed E-state index contributed by atoms with van der Waals surface area (Å²) in [6, 6.07) is 4.13. The lowest BCUT2D eigenvalue weighted by Gasteiger charge is -2.08. The number of urea groups is 1. The Morgan fingerprint density at radius 1 is 1.17 bits per heavy atom. The normalized spacial score (nSPS) is 10.0. The second-order valence-corrected chi connectivity index (χ2v) is 5.15. The van der Waals surface area contributed by atoms with Crippen LogP contribution in [0.1, 0.15) is 5.56 Å². The number of amides is 3. The monoisotopic (exact) mass is 362 g/mol. The molecule has 0 spiro atoms. The number of carbonyl (C=O) groups excluding carboxylic acids is 3. The molecule has 0 aromatic heterocycles. The summed E-state index contributed by atoms with van der Waals surface area (Å²) in [5.41, 5.74) is 0.415. The Morgan fingerprint density at radius 3 is 2.43 bits per heavy atom. The van der Waals surface area contributed by atoms with Crippen molar-refractivity contribution in [2.75, 3.05) is 26.9 Å². The average Bonchev–Trinajstić information content (AvgIpc) is 2.49. The van der Waals surface area contributed by atoms with Gasteiger partial charge in [-0.05, 0) is 12.1 Å². The number of ether oxygens (including phenoxy) is 2. The van der Waals surface area contributed by atoms with Crippen LogP contribution in [-0.2, 0) is 25.5 Å². The highest BCUT2D eigenvalue weighted by Gasteiger charge is 2.14. The summed E-state index contributed by atoms with van der Waals surface area (Å²) in [7, 11) is 1.48. The number of hydrogen-bond donors (Lipinski definition) is 2. The van der Waals surface area contributed by atoms with Gasteiger partial charge >= 0.3 is 12.0 Å². The summed E-state index contributed by atoms with van der Waals surface area (Å²) in [6.45, 7) is -0.0196. The summed E-state index contributed by atoms with van der Waals surface area (Å²) in [4.78, 5) is 34.4.